The summed E-state index contributed by atoms with van der Waals surface area (Å²) in [4.78, 5) is 8.25. The quantitative estimate of drug-likeness (QED) is 0.347. The third-order valence-corrected chi connectivity index (χ3v) is 2.28. The smallest absolute Gasteiger partial charge is 0.554 e. The van der Waals surface area contributed by atoms with E-state index in [1.165, 1.54) is 19.3 Å². The van der Waals surface area contributed by atoms with Crippen LogP contribution in [0, 0.1) is 0 Å². The standard InChI is InChI=1S/C9H19N.CH2O2.Li/c1-8(2)6-5-7-9(3,4)10-8;2-1-3;/h10H,5-7H2,1-4H3;1H,(H,2,3);/q;;+1/p-1. The van der Waals surface area contributed by atoms with Crippen LogP contribution in [0.15, 0.2) is 0 Å². The van der Waals surface area contributed by atoms with Gasteiger partial charge in [-0.3, -0.25) is 0 Å². The van der Waals surface area contributed by atoms with Crippen molar-refractivity contribution in [3.63, 3.8) is 0 Å². The summed E-state index contributed by atoms with van der Waals surface area (Å²) in [5.74, 6) is 0. The van der Waals surface area contributed by atoms with Crippen LogP contribution in [0.4, 0.5) is 0 Å². The maximum absolute atomic E-state index is 8.25. The molecule has 0 aromatic heterocycles. The molecular weight excluding hydrogens is 173 g/mol. The van der Waals surface area contributed by atoms with Crippen molar-refractivity contribution in [2.75, 3.05) is 0 Å². The van der Waals surface area contributed by atoms with Crippen molar-refractivity contribution >= 4 is 6.47 Å². The third-order valence-electron chi connectivity index (χ3n) is 2.28. The van der Waals surface area contributed by atoms with Crippen molar-refractivity contribution in [3.8, 4) is 0 Å². The van der Waals surface area contributed by atoms with Gasteiger partial charge in [-0.05, 0) is 47.0 Å². The number of piperidine rings is 1. The molecule has 1 aliphatic rings. The van der Waals surface area contributed by atoms with Crippen LogP contribution in [0.3, 0.4) is 0 Å². The molecule has 0 aromatic carbocycles. The van der Waals surface area contributed by atoms with Crippen LogP contribution in [-0.4, -0.2) is 17.6 Å². The van der Waals surface area contributed by atoms with Gasteiger partial charge in [-0.2, -0.15) is 0 Å². The van der Waals surface area contributed by atoms with Gasteiger partial charge in [0.1, 0.15) is 0 Å². The summed E-state index contributed by atoms with van der Waals surface area (Å²) in [6.07, 6.45) is 4.00. The van der Waals surface area contributed by atoms with Crippen molar-refractivity contribution in [3.05, 3.63) is 0 Å². The Morgan fingerprint density at radius 2 is 1.43 bits per heavy atom. The molecule has 0 bridgehead atoms. The van der Waals surface area contributed by atoms with Gasteiger partial charge < -0.3 is 15.2 Å². The van der Waals surface area contributed by atoms with Crippen LogP contribution < -0.4 is 29.3 Å². The van der Waals surface area contributed by atoms with Crippen molar-refractivity contribution in [1.29, 1.82) is 0 Å². The predicted molar refractivity (Wildman–Crippen MR) is 51.2 cm³/mol. The number of carboxylic acid groups (broad SMARTS) is 1. The number of rotatable bonds is 0. The Balaban J connectivity index is 0. The van der Waals surface area contributed by atoms with E-state index < -0.39 is 6.47 Å². The van der Waals surface area contributed by atoms with Crippen LogP contribution >= 0.6 is 0 Å². The van der Waals surface area contributed by atoms with E-state index in [0.717, 1.165) is 0 Å². The summed E-state index contributed by atoms with van der Waals surface area (Å²) in [5.41, 5.74) is 0.726. The second-order valence-corrected chi connectivity index (χ2v) is 4.84. The molecular formula is C10H20LiNO2. The Labute approximate surface area is 98.8 Å². The first-order valence-corrected chi connectivity index (χ1v) is 4.68. The number of nitrogens with one attached hydrogen (secondary N) is 1. The van der Waals surface area contributed by atoms with Crippen molar-refractivity contribution in [2.45, 2.75) is 58.0 Å². The normalized spacial score (nSPS) is 22.3. The Morgan fingerprint density at radius 1 is 1.14 bits per heavy atom. The molecule has 0 saturated carbocycles. The van der Waals surface area contributed by atoms with Gasteiger partial charge in [0.05, 0.1) is 0 Å². The molecule has 1 rings (SSSR count). The van der Waals surface area contributed by atoms with E-state index in [0.29, 0.717) is 11.1 Å². The molecule has 0 amide bonds. The van der Waals surface area contributed by atoms with Gasteiger partial charge in [0.2, 0.25) is 0 Å². The molecule has 0 aromatic rings. The second kappa shape index (κ2) is 6.50. The van der Waals surface area contributed by atoms with Gasteiger partial charge in [0.15, 0.2) is 0 Å². The van der Waals surface area contributed by atoms with Crippen molar-refractivity contribution in [2.24, 2.45) is 0 Å². The second-order valence-electron chi connectivity index (χ2n) is 4.84. The molecule has 0 aliphatic carbocycles. The van der Waals surface area contributed by atoms with Gasteiger partial charge in [0, 0.05) is 17.6 Å². The van der Waals surface area contributed by atoms with Crippen LogP contribution in [0.5, 0.6) is 0 Å². The van der Waals surface area contributed by atoms with Crippen LogP contribution in [0.1, 0.15) is 47.0 Å². The Kier molecular flexibility index (Phi) is 7.64. The van der Waals surface area contributed by atoms with E-state index >= 15 is 0 Å². The number of hydrogen-bond donors (Lipinski definition) is 1. The number of hydrogen-bond acceptors (Lipinski definition) is 3. The summed E-state index contributed by atoms with van der Waals surface area (Å²) in [6.45, 7) is 8.64. The first-order valence-electron chi connectivity index (χ1n) is 4.68. The van der Waals surface area contributed by atoms with Crippen LogP contribution in [0.2, 0.25) is 0 Å². The number of carbonyl (C=O) groups is 1. The number of carbonyl (C=O) groups excluding carboxylic acids is 1. The van der Waals surface area contributed by atoms with E-state index in [1.54, 1.807) is 0 Å². The molecule has 1 saturated heterocycles. The van der Waals surface area contributed by atoms with Crippen molar-refractivity contribution < 1.29 is 28.8 Å². The minimum absolute atomic E-state index is 0. The minimum Gasteiger partial charge on any atom is -0.554 e. The zero-order valence-corrected chi connectivity index (χ0v) is 10.0. The molecule has 0 spiro atoms. The van der Waals surface area contributed by atoms with Crippen molar-refractivity contribution in [1.82, 2.24) is 5.32 Å². The average Bonchev–Trinajstić information content (AvgIpc) is 1.82. The minimum atomic E-state index is -0.500. The van der Waals surface area contributed by atoms with Gasteiger partial charge in [-0.15, -0.1) is 0 Å². The first kappa shape index (κ1) is 16.5. The van der Waals surface area contributed by atoms with E-state index in [1.807, 2.05) is 0 Å². The van der Waals surface area contributed by atoms with Crippen LogP contribution in [-0.2, 0) is 4.79 Å². The molecule has 1 heterocycles. The fraction of sp³-hybridized carbons (Fsp3) is 0.900. The molecule has 78 valence electrons. The SMILES string of the molecule is CC1(C)CCCC(C)(C)N1.O=C[O-].[Li+]. The summed E-state index contributed by atoms with van der Waals surface area (Å²) in [7, 11) is 0. The topological polar surface area (TPSA) is 52.2 Å². The molecule has 0 unspecified atom stereocenters. The molecule has 4 heteroatoms. The first-order chi connectivity index (χ1) is 5.83. The molecule has 3 nitrogen and oxygen atoms in total. The van der Waals surface area contributed by atoms with Gasteiger partial charge >= 0.3 is 18.9 Å². The van der Waals surface area contributed by atoms with Gasteiger partial charge in [-0.25, -0.2) is 0 Å². The van der Waals surface area contributed by atoms with E-state index in [4.69, 9.17) is 9.90 Å². The largest absolute Gasteiger partial charge is 1.00 e. The molecule has 1 fully saturated rings. The molecule has 14 heavy (non-hydrogen) atoms. The maximum Gasteiger partial charge on any atom is 1.00 e. The molecule has 1 aliphatic heterocycles. The van der Waals surface area contributed by atoms with E-state index in [2.05, 4.69) is 33.0 Å². The average molecular weight is 193 g/mol. The third kappa shape index (κ3) is 7.43. The predicted octanol–water partition coefficient (Wildman–Crippen LogP) is -2.31. The summed E-state index contributed by atoms with van der Waals surface area (Å²) in [6, 6.07) is 0. The fourth-order valence-electron chi connectivity index (χ4n) is 2.01. The van der Waals surface area contributed by atoms with E-state index in [9.17, 15) is 0 Å². The van der Waals surface area contributed by atoms with Gasteiger partial charge in [-0.1, -0.05) is 0 Å². The van der Waals surface area contributed by atoms with Gasteiger partial charge in [0.25, 0.3) is 0 Å². The monoisotopic (exact) mass is 193 g/mol. The Bertz CT molecular complexity index is 156. The zero-order valence-electron chi connectivity index (χ0n) is 10.0. The molecule has 0 atom stereocenters. The van der Waals surface area contributed by atoms with Crippen LogP contribution in [0.25, 0.3) is 0 Å². The Hall–Kier alpha value is 0.0274. The molecule has 0 radical (unpaired) electrons. The zero-order chi connectivity index (χ0) is 10.5. The Morgan fingerprint density at radius 3 is 1.57 bits per heavy atom. The summed E-state index contributed by atoms with van der Waals surface area (Å²) < 4.78 is 0. The maximum atomic E-state index is 8.25. The summed E-state index contributed by atoms with van der Waals surface area (Å²) >= 11 is 0. The summed E-state index contributed by atoms with van der Waals surface area (Å²) in [5, 5.41) is 11.9. The fourth-order valence-corrected chi connectivity index (χ4v) is 2.01. The van der Waals surface area contributed by atoms with E-state index in [-0.39, 0.29) is 18.9 Å². The molecule has 1 N–H and O–H groups in total.